The summed E-state index contributed by atoms with van der Waals surface area (Å²) in [6, 6.07) is 15.1. The molecule has 9 heteroatoms. The molecule has 1 aromatic heterocycles. The van der Waals surface area contributed by atoms with Gasteiger partial charge in [-0.15, -0.1) is 11.8 Å². The summed E-state index contributed by atoms with van der Waals surface area (Å²) in [5.74, 6) is 0.544. The molecule has 0 spiro atoms. The number of methoxy groups -OCH3 is 1. The van der Waals surface area contributed by atoms with Crippen molar-refractivity contribution in [3.8, 4) is 5.75 Å². The van der Waals surface area contributed by atoms with Crippen LogP contribution in [0.3, 0.4) is 0 Å². The first-order chi connectivity index (χ1) is 16.0. The number of hydrogen-bond donors (Lipinski definition) is 0. The van der Waals surface area contributed by atoms with Crippen LogP contribution in [0.5, 0.6) is 5.75 Å². The summed E-state index contributed by atoms with van der Waals surface area (Å²) in [4.78, 5) is 17.6. The minimum Gasteiger partial charge on any atom is -0.530 e. The quantitative estimate of drug-likeness (QED) is 0.446. The Morgan fingerprint density at radius 2 is 2.03 bits per heavy atom. The molecule has 2 aromatic carbocycles. The third-order valence-electron chi connectivity index (χ3n) is 5.46. The zero-order valence-corrected chi connectivity index (χ0v) is 19.4. The van der Waals surface area contributed by atoms with Gasteiger partial charge in [0, 0.05) is 40.8 Å². The summed E-state index contributed by atoms with van der Waals surface area (Å²) < 4.78 is 20.0. The van der Waals surface area contributed by atoms with Crippen LogP contribution in [0.4, 0.5) is 10.5 Å². The molecule has 1 amide bonds. The molecule has 1 aliphatic rings. The number of rotatable bonds is 9. The van der Waals surface area contributed by atoms with Crippen LogP contribution < -0.4 is 14.7 Å². The molecule has 4 rings (SSSR count). The maximum atomic E-state index is 11.2. The van der Waals surface area contributed by atoms with E-state index < -0.39 is 11.9 Å². The minimum atomic E-state index is -1.21. The molecule has 0 aliphatic carbocycles. The monoisotopic (exact) mass is 468 g/mol. The fraction of sp³-hybridized carbons (Fsp3) is 0.333. The number of aromatic nitrogens is 2. The topological polar surface area (TPSA) is 88.9 Å². The number of thioether (sulfide) groups is 1. The zero-order valence-electron chi connectivity index (χ0n) is 18.5. The van der Waals surface area contributed by atoms with Gasteiger partial charge in [-0.3, -0.25) is 0 Å². The highest BCUT2D eigenvalue weighted by atomic mass is 32.2. The van der Waals surface area contributed by atoms with Crippen molar-refractivity contribution in [2.75, 3.05) is 30.9 Å². The normalized spacial score (nSPS) is 20.0. The molecule has 1 saturated heterocycles. The van der Waals surface area contributed by atoms with Crippen molar-refractivity contribution >= 4 is 23.5 Å². The SMILES string of the molecule is CCN(C(=O)[O-])c1ccc(SCC2COC(Cn3ccnc3)(c3ccc(OC)cc3)O2)cc1. The molecule has 33 heavy (non-hydrogen) atoms. The predicted molar refractivity (Wildman–Crippen MR) is 123 cm³/mol. The molecule has 1 aliphatic heterocycles. The second-order valence-corrected chi connectivity index (χ2v) is 8.68. The molecule has 2 heterocycles. The van der Waals surface area contributed by atoms with E-state index >= 15 is 0 Å². The van der Waals surface area contributed by atoms with Gasteiger partial charge in [0.15, 0.2) is 0 Å². The van der Waals surface area contributed by atoms with Crippen molar-refractivity contribution in [3.05, 3.63) is 72.8 Å². The van der Waals surface area contributed by atoms with E-state index in [0.717, 1.165) is 16.2 Å². The van der Waals surface area contributed by atoms with Crippen molar-refractivity contribution in [1.29, 1.82) is 0 Å². The maximum absolute atomic E-state index is 11.2. The number of carboxylic acid groups (broad SMARTS) is 1. The van der Waals surface area contributed by atoms with Gasteiger partial charge in [0.1, 0.15) is 11.8 Å². The zero-order chi connectivity index (χ0) is 23.3. The van der Waals surface area contributed by atoms with Gasteiger partial charge < -0.3 is 33.6 Å². The van der Waals surface area contributed by atoms with E-state index in [2.05, 4.69) is 4.98 Å². The van der Waals surface area contributed by atoms with Gasteiger partial charge in [0.05, 0.1) is 32.7 Å². The predicted octanol–water partition coefficient (Wildman–Crippen LogP) is 3.12. The molecule has 0 radical (unpaired) electrons. The largest absolute Gasteiger partial charge is 0.530 e. The van der Waals surface area contributed by atoms with E-state index in [4.69, 9.17) is 14.2 Å². The second kappa shape index (κ2) is 10.3. The summed E-state index contributed by atoms with van der Waals surface area (Å²) in [7, 11) is 1.64. The Kier molecular flexibility index (Phi) is 7.22. The van der Waals surface area contributed by atoms with E-state index in [9.17, 15) is 9.90 Å². The van der Waals surface area contributed by atoms with E-state index in [0.29, 0.717) is 31.1 Å². The molecular weight excluding hydrogens is 442 g/mol. The molecule has 2 atom stereocenters. The van der Waals surface area contributed by atoms with Gasteiger partial charge in [-0.25, -0.2) is 4.98 Å². The third kappa shape index (κ3) is 5.32. The Morgan fingerprint density at radius 3 is 2.64 bits per heavy atom. The molecule has 2 unspecified atom stereocenters. The second-order valence-electron chi connectivity index (χ2n) is 7.58. The van der Waals surface area contributed by atoms with Gasteiger partial charge in [-0.05, 0) is 55.5 Å². The number of nitrogens with zero attached hydrogens (tertiary/aromatic N) is 3. The lowest BCUT2D eigenvalue weighted by Gasteiger charge is -2.29. The van der Waals surface area contributed by atoms with Crippen LogP contribution in [0, 0.1) is 0 Å². The number of hydrogen-bond acceptors (Lipinski definition) is 7. The average Bonchev–Trinajstić information content (AvgIpc) is 3.50. The number of benzene rings is 2. The summed E-state index contributed by atoms with van der Waals surface area (Å²) in [5.41, 5.74) is 1.51. The first kappa shape index (κ1) is 23.2. The van der Waals surface area contributed by atoms with E-state index in [1.807, 2.05) is 47.2 Å². The molecule has 174 valence electrons. The lowest BCUT2D eigenvalue weighted by atomic mass is 10.1. The van der Waals surface area contributed by atoms with Crippen LogP contribution in [0.15, 0.2) is 72.1 Å². The number of carbonyl (C=O) groups excluding carboxylic acids is 1. The van der Waals surface area contributed by atoms with Gasteiger partial charge in [-0.1, -0.05) is 0 Å². The van der Waals surface area contributed by atoms with Crippen LogP contribution >= 0.6 is 11.8 Å². The highest BCUT2D eigenvalue weighted by molar-refractivity contribution is 7.99. The van der Waals surface area contributed by atoms with Crippen molar-refractivity contribution in [2.45, 2.75) is 30.3 Å². The first-order valence-electron chi connectivity index (χ1n) is 10.7. The molecule has 1 fully saturated rings. The Morgan fingerprint density at radius 1 is 1.27 bits per heavy atom. The lowest BCUT2D eigenvalue weighted by molar-refractivity contribution is -0.246. The Bertz CT molecular complexity index is 1040. The molecule has 0 saturated carbocycles. The average molecular weight is 469 g/mol. The highest BCUT2D eigenvalue weighted by Crippen LogP contribution is 2.38. The van der Waals surface area contributed by atoms with Crippen LogP contribution in [0.25, 0.3) is 0 Å². The number of imidazole rings is 1. The summed E-state index contributed by atoms with van der Waals surface area (Å²) >= 11 is 1.64. The van der Waals surface area contributed by atoms with Crippen molar-refractivity contribution < 1.29 is 24.1 Å². The smallest absolute Gasteiger partial charge is 0.213 e. The van der Waals surface area contributed by atoms with Crippen molar-refractivity contribution in [3.63, 3.8) is 0 Å². The van der Waals surface area contributed by atoms with Gasteiger partial charge in [-0.2, -0.15) is 0 Å². The van der Waals surface area contributed by atoms with Crippen LogP contribution in [0.1, 0.15) is 12.5 Å². The molecule has 0 N–H and O–H groups in total. The third-order valence-corrected chi connectivity index (χ3v) is 6.60. The van der Waals surface area contributed by atoms with Crippen LogP contribution in [-0.4, -0.2) is 47.8 Å². The summed E-state index contributed by atoms with van der Waals surface area (Å²) in [6.45, 7) is 3.05. The van der Waals surface area contributed by atoms with E-state index in [1.165, 1.54) is 4.90 Å². The Labute approximate surface area is 197 Å². The van der Waals surface area contributed by atoms with Crippen molar-refractivity contribution in [2.24, 2.45) is 0 Å². The van der Waals surface area contributed by atoms with Crippen molar-refractivity contribution in [1.82, 2.24) is 9.55 Å². The fourth-order valence-corrected chi connectivity index (χ4v) is 4.64. The Hall–Kier alpha value is -3.01. The number of carbonyl (C=O) groups is 1. The van der Waals surface area contributed by atoms with E-state index in [-0.39, 0.29) is 6.10 Å². The summed E-state index contributed by atoms with van der Waals surface area (Å²) in [5, 5.41) is 11.2. The maximum Gasteiger partial charge on any atom is 0.213 e. The van der Waals surface area contributed by atoms with Crippen LogP contribution in [0.2, 0.25) is 0 Å². The first-order valence-corrected chi connectivity index (χ1v) is 11.6. The minimum absolute atomic E-state index is 0.115. The fourth-order valence-electron chi connectivity index (χ4n) is 3.77. The summed E-state index contributed by atoms with van der Waals surface area (Å²) in [6.07, 6.45) is 4.04. The van der Waals surface area contributed by atoms with Gasteiger partial charge >= 0.3 is 0 Å². The molecular formula is C24H26N3O5S-. The Balaban J connectivity index is 1.44. The number of amides is 1. The molecule has 0 bridgehead atoms. The highest BCUT2D eigenvalue weighted by Gasteiger charge is 2.43. The molecule has 3 aromatic rings. The van der Waals surface area contributed by atoms with Gasteiger partial charge in [0.2, 0.25) is 5.79 Å². The van der Waals surface area contributed by atoms with Gasteiger partial charge in [0.25, 0.3) is 0 Å². The number of ether oxygens (including phenoxy) is 3. The lowest BCUT2D eigenvalue weighted by Crippen LogP contribution is -2.41. The standard InChI is InChI=1S/C24H27N3O5S/c1-3-27(23(28)29)19-6-10-22(11-7-19)33-15-21-14-31-24(32-21,16-26-13-12-25-17-26)18-4-8-20(30-2)9-5-18/h4-13,17,21H,3,14-16H2,1-2H3,(H,28,29)/p-1. The van der Waals surface area contributed by atoms with Crippen LogP contribution in [-0.2, 0) is 21.8 Å². The van der Waals surface area contributed by atoms with E-state index in [1.54, 1.807) is 50.5 Å². The number of anilines is 1. The molecule has 8 nitrogen and oxygen atoms in total.